The van der Waals surface area contributed by atoms with Gasteiger partial charge in [0.1, 0.15) is 5.82 Å². The molecule has 1 amide bonds. The highest BCUT2D eigenvalue weighted by molar-refractivity contribution is 7.80. The van der Waals surface area contributed by atoms with Crippen LogP contribution in [-0.4, -0.2) is 70.3 Å². The van der Waals surface area contributed by atoms with Crippen molar-refractivity contribution in [3.05, 3.63) is 23.4 Å². The lowest BCUT2D eigenvalue weighted by atomic mass is 9.89. The van der Waals surface area contributed by atoms with E-state index < -0.39 is 5.72 Å². The second kappa shape index (κ2) is 11.4. The molecule has 5 rings (SSSR count). The van der Waals surface area contributed by atoms with E-state index in [9.17, 15) is 4.79 Å². The topological polar surface area (TPSA) is 82.5 Å². The van der Waals surface area contributed by atoms with Gasteiger partial charge in [-0.2, -0.15) is 0 Å². The first-order valence-electron chi connectivity index (χ1n) is 13.2. The van der Waals surface area contributed by atoms with Gasteiger partial charge in [0.05, 0.1) is 5.02 Å². The maximum Gasteiger partial charge on any atom is 0.296 e. The molecule has 0 atom stereocenters. The second-order valence-corrected chi connectivity index (χ2v) is 10.9. The van der Waals surface area contributed by atoms with Gasteiger partial charge < -0.3 is 24.8 Å². The van der Waals surface area contributed by atoms with E-state index in [4.69, 9.17) is 33.5 Å². The number of hydrogen-bond donors (Lipinski definition) is 1. The lowest BCUT2D eigenvalue weighted by Crippen LogP contribution is -2.57. The number of carbonyl (C=O) groups excluding carboxylic acids is 1. The minimum atomic E-state index is -0.775. The van der Waals surface area contributed by atoms with E-state index in [0.29, 0.717) is 37.1 Å². The normalized spacial score (nSPS) is 22.2. The molecule has 196 valence electrons. The first-order chi connectivity index (χ1) is 17.6. The van der Waals surface area contributed by atoms with E-state index in [2.05, 4.69) is 20.4 Å². The zero-order valence-electron chi connectivity index (χ0n) is 20.7. The number of aromatic nitrogens is 1. The number of hydrogen-bond acceptors (Lipinski definition) is 8. The van der Waals surface area contributed by atoms with Gasteiger partial charge >= 0.3 is 0 Å². The summed E-state index contributed by atoms with van der Waals surface area (Å²) in [7, 11) is 0. The number of piperazine rings is 1. The Morgan fingerprint density at radius 1 is 1.14 bits per heavy atom. The predicted molar refractivity (Wildman–Crippen MR) is 142 cm³/mol. The molecule has 0 unspecified atom stereocenters. The van der Waals surface area contributed by atoms with Crippen LogP contribution < -0.4 is 10.2 Å². The van der Waals surface area contributed by atoms with Crippen LogP contribution >= 0.6 is 23.8 Å². The van der Waals surface area contributed by atoms with Crippen LogP contribution in [-0.2, 0) is 14.5 Å². The van der Waals surface area contributed by atoms with Crippen molar-refractivity contribution in [2.45, 2.75) is 69.9 Å². The molecule has 1 N–H and O–H groups in total. The van der Waals surface area contributed by atoms with E-state index >= 15 is 0 Å². The number of carbonyl (C=O) groups is 1. The average Bonchev–Trinajstić information content (AvgIpc) is 3.25. The molecular weight excluding hydrogens is 500 g/mol. The van der Waals surface area contributed by atoms with E-state index in [0.717, 1.165) is 44.5 Å². The third kappa shape index (κ3) is 5.49. The van der Waals surface area contributed by atoms with Gasteiger partial charge in [-0.3, -0.25) is 4.79 Å². The van der Waals surface area contributed by atoms with Crippen LogP contribution in [0.2, 0.25) is 5.02 Å². The van der Waals surface area contributed by atoms with Crippen molar-refractivity contribution in [2.75, 3.05) is 37.6 Å². The average molecular weight is 535 g/mol. The van der Waals surface area contributed by atoms with Gasteiger partial charge in [0.2, 0.25) is 5.72 Å². The van der Waals surface area contributed by atoms with Gasteiger partial charge in [-0.1, -0.05) is 42.4 Å². The standard InChI is InChI=1S/C25H35ClN6O3S/c26-20-10-7-13-27-21(20)30-14-16-31(17-15-30)23(33)22-29-35-25(11-5-2-6-12-25)32(22)34-24(36)28-18-19-8-3-1-4-9-19/h7,10,13,19H,1-6,8-9,11-12,14-18H2,(H,28,36). The smallest absolute Gasteiger partial charge is 0.296 e. The van der Waals surface area contributed by atoms with Crippen molar-refractivity contribution in [1.29, 1.82) is 0 Å². The zero-order valence-corrected chi connectivity index (χ0v) is 22.2. The Morgan fingerprint density at radius 2 is 1.86 bits per heavy atom. The summed E-state index contributed by atoms with van der Waals surface area (Å²) in [6.07, 6.45) is 12.6. The SMILES string of the molecule is O=C(C1=NOC2(CCCCC2)N1OC(=S)NCC1CCCCC1)N1CCN(c2ncccc2Cl)CC1. The zero-order chi connectivity index (χ0) is 25.0. The summed E-state index contributed by atoms with van der Waals surface area (Å²) < 4.78 is 0. The van der Waals surface area contributed by atoms with E-state index in [1.165, 1.54) is 32.1 Å². The van der Waals surface area contributed by atoms with Crippen LogP contribution in [0.3, 0.4) is 0 Å². The summed E-state index contributed by atoms with van der Waals surface area (Å²) in [6.45, 7) is 3.10. The minimum absolute atomic E-state index is 0.169. The van der Waals surface area contributed by atoms with Gasteiger partial charge in [-0.05, 0) is 56.0 Å². The number of rotatable bonds is 5. The first-order valence-corrected chi connectivity index (χ1v) is 14.0. The molecular formula is C25H35ClN6O3S. The van der Waals surface area contributed by atoms with Crippen LogP contribution in [0.15, 0.2) is 23.5 Å². The quantitative estimate of drug-likeness (QED) is 0.566. The molecule has 1 aromatic heterocycles. The largest absolute Gasteiger partial charge is 0.362 e. The number of anilines is 1. The highest BCUT2D eigenvalue weighted by atomic mass is 35.5. The Bertz CT molecular complexity index is 974. The number of nitrogens with zero attached hydrogens (tertiary/aromatic N) is 5. The van der Waals surface area contributed by atoms with Crippen LogP contribution in [0.25, 0.3) is 0 Å². The third-order valence-corrected chi connectivity index (χ3v) is 8.24. The monoisotopic (exact) mass is 534 g/mol. The molecule has 11 heteroatoms. The fourth-order valence-electron chi connectivity index (χ4n) is 5.65. The Morgan fingerprint density at radius 3 is 2.58 bits per heavy atom. The number of pyridine rings is 1. The highest BCUT2D eigenvalue weighted by Crippen LogP contribution is 2.39. The van der Waals surface area contributed by atoms with Crippen LogP contribution in [0.1, 0.15) is 64.2 Å². The van der Waals surface area contributed by atoms with Crippen molar-refractivity contribution in [1.82, 2.24) is 20.3 Å². The molecule has 36 heavy (non-hydrogen) atoms. The maximum absolute atomic E-state index is 13.6. The number of nitrogens with one attached hydrogen (secondary N) is 1. The Hall–Kier alpha value is -2.33. The molecule has 0 bridgehead atoms. The number of amides is 1. The van der Waals surface area contributed by atoms with Gasteiger partial charge in [0, 0.05) is 51.8 Å². The summed E-state index contributed by atoms with van der Waals surface area (Å²) in [5, 5.41) is 9.97. The lowest BCUT2D eigenvalue weighted by Gasteiger charge is -2.39. The first kappa shape index (κ1) is 25.3. The van der Waals surface area contributed by atoms with Gasteiger partial charge in [0.15, 0.2) is 0 Å². The van der Waals surface area contributed by atoms with Gasteiger partial charge in [-0.25, -0.2) is 4.98 Å². The van der Waals surface area contributed by atoms with Crippen molar-refractivity contribution >= 4 is 46.6 Å². The number of amidine groups is 1. The summed E-state index contributed by atoms with van der Waals surface area (Å²) in [5.41, 5.74) is -0.775. The van der Waals surface area contributed by atoms with Crippen LogP contribution in [0, 0.1) is 5.92 Å². The van der Waals surface area contributed by atoms with Gasteiger partial charge in [0.25, 0.3) is 16.9 Å². The molecule has 3 fully saturated rings. The second-order valence-electron chi connectivity index (χ2n) is 10.2. The van der Waals surface area contributed by atoms with E-state index in [1.54, 1.807) is 16.2 Å². The minimum Gasteiger partial charge on any atom is -0.362 e. The number of oxime groups is 1. The highest BCUT2D eigenvalue weighted by Gasteiger charge is 2.52. The van der Waals surface area contributed by atoms with Crippen molar-refractivity contribution < 1.29 is 14.5 Å². The Balaban J connectivity index is 1.23. The molecule has 4 aliphatic rings. The number of hydroxylamine groups is 2. The molecule has 1 aromatic rings. The Labute approximate surface area is 223 Å². The Kier molecular flexibility index (Phi) is 8.00. The third-order valence-electron chi connectivity index (χ3n) is 7.73. The van der Waals surface area contributed by atoms with Crippen molar-refractivity contribution in [3.8, 4) is 0 Å². The number of halogens is 1. The molecule has 2 saturated carbocycles. The summed E-state index contributed by atoms with van der Waals surface area (Å²) in [4.78, 5) is 34.0. The molecule has 0 radical (unpaired) electrons. The summed E-state index contributed by atoms with van der Waals surface area (Å²) in [6, 6.07) is 3.64. The molecule has 1 saturated heterocycles. The lowest BCUT2D eigenvalue weighted by molar-refractivity contribution is -0.219. The fraction of sp³-hybridized carbons (Fsp3) is 0.680. The molecule has 3 heterocycles. The summed E-state index contributed by atoms with van der Waals surface area (Å²) >= 11 is 11.9. The summed E-state index contributed by atoms with van der Waals surface area (Å²) in [5.74, 6) is 1.31. The predicted octanol–water partition coefficient (Wildman–Crippen LogP) is 4.08. The van der Waals surface area contributed by atoms with Crippen molar-refractivity contribution in [3.63, 3.8) is 0 Å². The van der Waals surface area contributed by atoms with E-state index in [-0.39, 0.29) is 16.9 Å². The van der Waals surface area contributed by atoms with E-state index in [1.807, 2.05) is 12.1 Å². The van der Waals surface area contributed by atoms with Crippen LogP contribution in [0.4, 0.5) is 5.82 Å². The maximum atomic E-state index is 13.6. The fourth-order valence-corrected chi connectivity index (χ4v) is 6.05. The molecule has 9 nitrogen and oxygen atoms in total. The van der Waals surface area contributed by atoms with Crippen molar-refractivity contribution in [2.24, 2.45) is 11.1 Å². The number of thiocarbonyl (C=S) groups is 1. The van der Waals surface area contributed by atoms with Crippen LogP contribution in [0.5, 0.6) is 0 Å². The molecule has 1 spiro atoms. The molecule has 0 aromatic carbocycles. The van der Waals surface area contributed by atoms with Gasteiger partial charge in [-0.15, -0.1) is 5.06 Å². The molecule has 2 aliphatic carbocycles. The molecule has 2 aliphatic heterocycles.